The van der Waals surface area contributed by atoms with Gasteiger partial charge in [0.15, 0.2) is 5.11 Å². The Morgan fingerprint density at radius 1 is 1.08 bits per heavy atom. The number of hydrogen-bond acceptors (Lipinski definition) is 3. The van der Waals surface area contributed by atoms with E-state index in [4.69, 9.17) is 17.0 Å². The molecule has 1 atom stereocenters. The molecule has 0 aromatic heterocycles. The monoisotopic (exact) mass is 369 g/mol. The van der Waals surface area contributed by atoms with Crippen LogP contribution in [0.4, 0.5) is 11.4 Å². The highest BCUT2D eigenvalue weighted by Crippen LogP contribution is 2.24. The lowest BCUT2D eigenvalue weighted by molar-refractivity contribution is 0.342. The summed E-state index contributed by atoms with van der Waals surface area (Å²) in [7, 11) is 1.69. The van der Waals surface area contributed by atoms with Crippen LogP contribution in [0.5, 0.6) is 5.75 Å². The maximum Gasteiger partial charge on any atom is 0.173 e. The van der Waals surface area contributed by atoms with Crippen molar-refractivity contribution in [1.29, 1.82) is 0 Å². The smallest absolute Gasteiger partial charge is 0.173 e. The molecule has 1 saturated heterocycles. The summed E-state index contributed by atoms with van der Waals surface area (Å²) in [5.41, 5.74) is 4.85. The van der Waals surface area contributed by atoms with Crippen molar-refractivity contribution in [3.05, 3.63) is 53.6 Å². The van der Waals surface area contributed by atoms with Gasteiger partial charge >= 0.3 is 0 Å². The van der Waals surface area contributed by atoms with Crippen molar-refractivity contribution < 1.29 is 4.74 Å². The summed E-state index contributed by atoms with van der Waals surface area (Å²) >= 11 is 5.65. The predicted molar refractivity (Wildman–Crippen MR) is 114 cm³/mol. The first-order valence-electron chi connectivity index (χ1n) is 9.02. The molecule has 26 heavy (non-hydrogen) atoms. The topological polar surface area (TPSA) is 27.7 Å². The van der Waals surface area contributed by atoms with Gasteiger partial charge in [0, 0.05) is 37.1 Å². The number of anilines is 2. The average Bonchev–Trinajstić information content (AvgIpc) is 2.65. The zero-order valence-electron chi connectivity index (χ0n) is 16.0. The molecule has 5 heteroatoms. The van der Waals surface area contributed by atoms with Crippen LogP contribution in [-0.2, 0) is 0 Å². The van der Waals surface area contributed by atoms with Crippen molar-refractivity contribution in [2.75, 3.05) is 37.0 Å². The van der Waals surface area contributed by atoms with E-state index in [9.17, 15) is 0 Å². The van der Waals surface area contributed by atoms with E-state index in [1.165, 1.54) is 16.8 Å². The molecule has 1 heterocycles. The molecule has 3 rings (SSSR count). The largest absolute Gasteiger partial charge is 0.497 e. The van der Waals surface area contributed by atoms with Gasteiger partial charge in [-0.3, -0.25) is 0 Å². The number of methoxy groups -OCH3 is 1. The van der Waals surface area contributed by atoms with Gasteiger partial charge in [0.25, 0.3) is 0 Å². The van der Waals surface area contributed by atoms with Crippen LogP contribution < -0.4 is 15.0 Å². The van der Waals surface area contributed by atoms with Crippen LogP contribution in [0.25, 0.3) is 0 Å². The van der Waals surface area contributed by atoms with Crippen molar-refractivity contribution in [3.63, 3.8) is 0 Å². The molecule has 1 aliphatic rings. The SMILES string of the molecule is COc1ccc(N2CCN(C(=S)Nc3ccc(C)c(C)c3)CC2C)cc1. The molecular weight excluding hydrogens is 342 g/mol. The Morgan fingerprint density at radius 3 is 2.42 bits per heavy atom. The van der Waals surface area contributed by atoms with E-state index in [-0.39, 0.29) is 0 Å². The van der Waals surface area contributed by atoms with Gasteiger partial charge in [0.1, 0.15) is 5.75 Å². The number of benzene rings is 2. The molecule has 1 aliphatic heterocycles. The summed E-state index contributed by atoms with van der Waals surface area (Å²) in [6.45, 7) is 9.25. The average molecular weight is 370 g/mol. The van der Waals surface area contributed by atoms with Crippen LogP contribution in [-0.4, -0.2) is 42.8 Å². The molecule has 0 bridgehead atoms. The second-order valence-corrected chi connectivity index (χ2v) is 7.30. The molecule has 1 N–H and O–H groups in total. The number of nitrogens with one attached hydrogen (secondary N) is 1. The second kappa shape index (κ2) is 7.96. The molecular formula is C21H27N3OS. The first-order valence-corrected chi connectivity index (χ1v) is 9.42. The minimum absolute atomic E-state index is 0.386. The third-order valence-electron chi connectivity index (χ3n) is 5.08. The number of aryl methyl sites for hydroxylation is 2. The van der Waals surface area contributed by atoms with Crippen molar-refractivity contribution in [3.8, 4) is 5.75 Å². The third-order valence-corrected chi connectivity index (χ3v) is 5.44. The Kier molecular flexibility index (Phi) is 5.67. The summed E-state index contributed by atoms with van der Waals surface area (Å²) in [4.78, 5) is 4.68. The van der Waals surface area contributed by atoms with Crippen molar-refractivity contribution >= 4 is 28.7 Å². The Hall–Kier alpha value is -2.27. The molecule has 0 saturated carbocycles. The Balaban J connectivity index is 1.61. The first-order chi connectivity index (χ1) is 12.5. The lowest BCUT2D eigenvalue weighted by Crippen LogP contribution is -2.54. The molecule has 2 aromatic rings. The number of ether oxygens (including phenoxy) is 1. The number of piperazine rings is 1. The molecule has 2 aromatic carbocycles. The number of rotatable bonds is 3. The summed E-state index contributed by atoms with van der Waals surface area (Å²) in [6.07, 6.45) is 0. The van der Waals surface area contributed by atoms with Crippen LogP contribution in [0.3, 0.4) is 0 Å². The quantitative estimate of drug-likeness (QED) is 0.818. The minimum Gasteiger partial charge on any atom is -0.497 e. The predicted octanol–water partition coefficient (Wildman–Crippen LogP) is 4.22. The molecule has 1 unspecified atom stereocenters. The molecule has 138 valence electrons. The number of hydrogen-bond donors (Lipinski definition) is 1. The maximum absolute atomic E-state index is 5.65. The summed E-state index contributed by atoms with van der Waals surface area (Å²) in [6, 6.07) is 15.0. The van der Waals surface area contributed by atoms with Gasteiger partial charge in [-0.05, 0) is 80.5 Å². The molecule has 0 amide bonds. The van der Waals surface area contributed by atoms with Crippen LogP contribution in [0.15, 0.2) is 42.5 Å². The van der Waals surface area contributed by atoms with Crippen molar-refractivity contribution in [2.45, 2.75) is 26.8 Å². The Labute approximate surface area is 161 Å². The fraction of sp³-hybridized carbons (Fsp3) is 0.381. The Bertz CT molecular complexity index is 775. The second-order valence-electron chi connectivity index (χ2n) is 6.92. The van der Waals surface area contributed by atoms with Gasteiger partial charge in [0.2, 0.25) is 0 Å². The van der Waals surface area contributed by atoms with Crippen molar-refractivity contribution in [2.24, 2.45) is 0 Å². The van der Waals surface area contributed by atoms with Gasteiger partial charge in [-0.25, -0.2) is 0 Å². The van der Waals surface area contributed by atoms with Gasteiger partial charge in [-0.15, -0.1) is 0 Å². The van der Waals surface area contributed by atoms with E-state index >= 15 is 0 Å². The number of nitrogens with zero attached hydrogens (tertiary/aromatic N) is 2. The highest BCUT2D eigenvalue weighted by molar-refractivity contribution is 7.80. The molecule has 1 fully saturated rings. The zero-order chi connectivity index (χ0) is 18.7. The third kappa shape index (κ3) is 4.10. The van der Waals surface area contributed by atoms with Crippen LogP contribution in [0.1, 0.15) is 18.1 Å². The maximum atomic E-state index is 5.65. The van der Waals surface area contributed by atoms with Crippen molar-refractivity contribution in [1.82, 2.24) is 4.90 Å². The van der Waals surface area contributed by atoms with E-state index in [0.29, 0.717) is 6.04 Å². The van der Waals surface area contributed by atoms with E-state index in [0.717, 1.165) is 36.2 Å². The van der Waals surface area contributed by atoms with Crippen LogP contribution in [0.2, 0.25) is 0 Å². The molecule has 0 radical (unpaired) electrons. The minimum atomic E-state index is 0.386. The fourth-order valence-corrected chi connectivity index (χ4v) is 3.60. The molecule has 0 aliphatic carbocycles. The van der Waals surface area contributed by atoms with Crippen LogP contribution in [0, 0.1) is 13.8 Å². The molecule has 0 spiro atoms. The van der Waals surface area contributed by atoms with Gasteiger partial charge in [-0.1, -0.05) is 6.07 Å². The highest BCUT2D eigenvalue weighted by Gasteiger charge is 2.25. The lowest BCUT2D eigenvalue weighted by Gasteiger charge is -2.42. The standard InChI is InChI=1S/C21H27N3OS/c1-15-5-6-18(13-16(15)2)22-21(26)23-11-12-24(17(3)14-23)19-7-9-20(25-4)10-8-19/h5-10,13,17H,11-12,14H2,1-4H3,(H,22,26). The van der Waals surface area contributed by atoms with E-state index in [2.05, 4.69) is 66.2 Å². The summed E-state index contributed by atoms with van der Waals surface area (Å²) < 4.78 is 5.25. The van der Waals surface area contributed by atoms with Gasteiger partial charge in [-0.2, -0.15) is 0 Å². The first kappa shape index (κ1) is 18.5. The lowest BCUT2D eigenvalue weighted by atomic mass is 10.1. The van der Waals surface area contributed by atoms with Gasteiger partial charge in [0.05, 0.1) is 7.11 Å². The zero-order valence-corrected chi connectivity index (χ0v) is 16.8. The summed E-state index contributed by atoms with van der Waals surface area (Å²) in [5.74, 6) is 0.888. The van der Waals surface area contributed by atoms with E-state index in [1.807, 2.05) is 12.1 Å². The Morgan fingerprint density at radius 2 is 1.81 bits per heavy atom. The highest BCUT2D eigenvalue weighted by atomic mass is 32.1. The summed E-state index contributed by atoms with van der Waals surface area (Å²) in [5, 5.41) is 4.19. The van der Waals surface area contributed by atoms with E-state index < -0.39 is 0 Å². The molecule has 4 nitrogen and oxygen atoms in total. The number of thiocarbonyl (C=S) groups is 1. The van der Waals surface area contributed by atoms with Crippen LogP contribution >= 0.6 is 12.2 Å². The van der Waals surface area contributed by atoms with Gasteiger partial charge < -0.3 is 19.9 Å². The fourth-order valence-electron chi connectivity index (χ4n) is 3.32. The van der Waals surface area contributed by atoms with E-state index in [1.54, 1.807) is 7.11 Å². The normalized spacial score (nSPS) is 17.2.